The highest BCUT2D eigenvalue weighted by atomic mass is 16.2. The molecule has 0 radical (unpaired) electrons. The van der Waals surface area contributed by atoms with Crippen LogP contribution in [0.5, 0.6) is 0 Å². The number of nitrogens with zero attached hydrogens (tertiary/aromatic N) is 3. The number of hydrogen-bond acceptors (Lipinski definition) is 3. The van der Waals surface area contributed by atoms with Gasteiger partial charge in [0.05, 0.1) is 18.2 Å². The summed E-state index contributed by atoms with van der Waals surface area (Å²) >= 11 is 0. The molecule has 0 spiro atoms. The smallest absolute Gasteiger partial charge is 0.236 e. The summed E-state index contributed by atoms with van der Waals surface area (Å²) < 4.78 is 0. The lowest BCUT2D eigenvalue weighted by atomic mass is 9.87. The molecule has 0 heterocycles. The molecule has 2 rings (SSSR count). The summed E-state index contributed by atoms with van der Waals surface area (Å²) in [5.74, 6) is 0.980. The summed E-state index contributed by atoms with van der Waals surface area (Å²) in [6.07, 6.45) is 4.69. The lowest BCUT2D eigenvalue weighted by Crippen LogP contribution is -2.43. The van der Waals surface area contributed by atoms with Crippen molar-refractivity contribution in [2.24, 2.45) is 5.92 Å². The molecule has 1 aliphatic rings. The van der Waals surface area contributed by atoms with Crippen LogP contribution in [0.25, 0.3) is 0 Å². The quantitative estimate of drug-likeness (QED) is 0.839. The van der Waals surface area contributed by atoms with Gasteiger partial charge in [0.1, 0.15) is 0 Å². The zero-order valence-electron chi connectivity index (χ0n) is 14.5. The molecule has 0 N–H and O–H groups in total. The Hall–Kier alpha value is -1.86. The Morgan fingerprint density at radius 1 is 1.26 bits per heavy atom. The maximum atomic E-state index is 12.5. The first kappa shape index (κ1) is 17.5. The first-order valence-electron chi connectivity index (χ1n) is 8.43. The lowest BCUT2D eigenvalue weighted by molar-refractivity contribution is -0.133. The van der Waals surface area contributed by atoms with Gasteiger partial charge in [0.15, 0.2) is 0 Å². The van der Waals surface area contributed by atoms with Crippen LogP contribution in [-0.2, 0) is 11.3 Å². The Labute approximate surface area is 139 Å². The minimum atomic E-state index is 0.184. The van der Waals surface area contributed by atoms with E-state index in [1.807, 2.05) is 42.1 Å². The molecular weight excluding hydrogens is 286 g/mol. The van der Waals surface area contributed by atoms with Crippen LogP contribution in [0, 0.1) is 17.2 Å². The van der Waals surface area contributed by atoms with E-state index in [0.29, 0.717) is 24.7 Å². The van der Waals surface area contributed by atoms with Crippen molar-refractivity contribution in [2.75, 3.05) is 20.6 Å². The molecule has 1 amide bonds. The van der Waals surface area contributed by atoms with Crippen molar-refractivity contribution in [1.29, 1.82) is 5.26 Å². The highest BCUT2D eigenvalue weighted by Gasteiger charge is 2.25. The van der Waals surface area contributed by atoms with E-state index < -0.39 is 0 Å². The molecule has 1 saturated carbocycles. The molecule has 0 atom stereocenters. The molecule has 4 nitrogen and oxygen atoms in total. The minimum Gasteiger partial charge on any atom is -0.342 e. The zero-order valence-corrected chi connectivity index (χ0v) is 14.5. The molecule has 0 unspecified atom stereocenters. The molecule has 4 heteroatoms. The summed E-state index contributed by atoms with van der Waals surface area (Å²) in [6, 6.07) is 10.1. The zero-order chi connectivity index (χ0) is 16.8. The largest absolute Gasteiger partial charge is 0.342 e. The Bertz CT molecular complexity index is 570. The fraction of sp³-hybridized carbons (Fsp3) is 0.579. The molecule has 1 fully saturated rings. The van der Waals surface area contributed by atoms with Crippen molar-refractivity contribution >= 4 is 5.91 Å². The van der Waals surface area contributed by atoms with Crippen LogP contribution >= 0.6 is 0 Å². The molecule has 0 saturated heterocycles. The molecule has 1 aromatic carbocycles. The van der Waals surface area contributed by atoms with E-state index in [0.717, 1.165) is 24.3 Å². The standard InChI is InChI=1S/C19H27N3O/c1-15-7-9-18(10-8-15)22(3)19(23)14-21(2)13-17-6-4-5-16(11-17)12-20/h4-6,11,15,18H,7-10,13-14H2,1-3H3. The second kappa shape index (κ2) is 8.12. The number of likely N-dealkylation sites (N-methyl/N-ethyl adjacent to an activating group) is 2. The maximum absolute atomic E-state index is 12.5. The normalized spacial score (nSPS) is 21.0. The number of carbonyl (C=O) groups is 1. The van der Waals surface area contributed by atoms with E-state index in [2.05, 4.69) is 13.0 Å². The molecule has 0 aromatic heterocycles. The van der Waals surface area contributed by atoms with Crippen LogP contribution in [0.3, 0.4) is 0 Å². The summed E-state index contributed by atoms with van der Waals surface area (Å²) in [5.41, 5.74) is 1.73. The van der Waals surface area contributed by atoms with Crippen molar-refractivity contribution in [3.8, 4) is 6.07 Å². The molecule has 0 bridgehead atoms. The summed E-state index contributed by atoms with van der Waals surface area (Å²) in [7, 11) is 3.89. The number of amides is 1. The monoisotopic (exact) mass is 313 g/mol. The second-order valence-electron chi connectivity index (χ2n) is 6.90. The third-order valence-electron chi connectivity index (χ3n) is 4.84. The van der Waals surface area contributed by atoms with Crippen molar-refractivity contribution in [2.45, 2.75) is 45.2 Å². The third kappa shape index (κ3) is 5.07. The van der Waals surface area contributed by atoms with Gasteiger partial charge >= 0.3 is 0 Å². The van der Waals surface area contributed by atoms with Crippen molar-refractivity contribution < 1.29 is 4.79 Å². The van der Waals surface area contributed by atoms with E-state index in [9.17, 15) is 4.79 Å². The molecule has 0 aliphatic heterocycles. The first-order chi connectivity index (χ1) is 11.0. The summed E-state index contributed by atoms with van der Waals surface area (Å²) in [4.78, 5) is 16.4. The third-order valence-corrected chi connectivity index (χ3v) is 4.84. The predicted octanol–water partition coefficient (Wildman–Crippen LogP) is 3.03. The second-order valence-corrected chi connectivity index (χ2v) is 6.90. The fourth-order valence-corrected chi connectivity index (χ4v) is 3.28. The maximum Gasteiger partial charge on any atom is 0.236 e. The molecular formula is C19H27N3O. The number of carbonyl (C=O) groups excluding carboxylic acids is 1. The van der Waals surface area contributed by atoms with Gasteiger partial charge in [-0.25, -0.2) is 0 Å². The van der Waals surface area contributed by atoms with Crippen LogP contribution in [0.2, 0.25) is 0 Å². The number of hydrogen-bond donors (Lipinski definition) is 0. The number of benzene rings is 1. The average molecular weight is 313 g/mol. The van der Waals surface area contributed by atoms with Gasteiger partial charge in [0.2, 0.25) is 5.91 Å². The van der Waals surface area contributed by atoms with Gasteiger partial charge in [0.25, 0.3) is 0 Å². The van der Waals surface area contributed by atoms with E-state index in [4.69, 9.17) is 5.26 Å². The van der Waals surface area contributed by atoms with Crippen molar-refractivity contribution in [3.05, 3.63) is 35.4 Å². The van der Waals surface area contributed by atoms with Gasteiger partial charge in [-0.1, -0.05) is 19.1 Å². The molecule has 1 aromatic rings. The van der Waals surface area contributed by atoms with E-state index in [-0.39, 0.29) is 5.91 Å². The minimum absolute atomic E-state index is 0.184. The van der Waals surface area contributed by atoms with Crippen LogP contribution in [-0.4, -0.2) is 42.4 Å². The Morgan fingerprint density at radius 2 is 1.96 bits per heavy atom. The Kier molecular flexibility index (Phi) is 6.18. The average Bonchev–Trinajstić information content (AvgIpc) is 2.54. The molecule has 124 valence electrons. The van der Waals surface area contributed by atoms with E-state index >= 15 is 0 Å². The highest BCUT2D eigenvalue weighted by Crippen LogP contribution is 2.26. The van der Waals surface area contributed by atoms with Gasteiger partial charge in [-0.05, 0) is 56.3 Å². The van der Waals surface area contributed by atoms with Gasteiger partial charge < -0.3 is 4.90 Å². The van der Waals surface area contributed by atoms with Gasteiger partial charge in [-0.15, -0.1) is 0 Å². The SMILES string of the molecule is CC1CCC(N(C)C(=O)CN(C)Cc2cccc(C#N)c2)CC1. The fourth-order valence-electron chi connectivity index (χ4n) is 3.28. The molecule has 1 aliphatic carbocycles. The predicted molar refractivity (Wildman–Crippen MR) is 91.7 cm³/mol. The van der Waals surface area contributed by atoms with Crippen LogP contribution in [0.1, 0.15) is 43.7 Å². The Balaban J connectivity index is 1.85. The summed E-state index contributed by atoms with van der Waals surface area (Å²) in [6.45, 7) is 3.39. The van der Waals surface area contributed by atoms with Crippen LogP contribution in [0.4, 0.5) is 0 Å². The van der Waals surface area contributed by atoms with Crippen LogP contribution in [0.15, 0.2) is 24.3 Å². The molecule has 23 heavy (non-hydrogen) atoms. The summed E-state index contributed by atoms with van der Waals surface area (Å²) in [5, 5.41) is 8.95. The van der Waals surface area contributed by atoms with Crippen LogP contribution < -0.4 is 0 Å². The highest BCUT2D eigenvalue weighted by molar-refractivity contribution is 5.78. The van der Waals surface area contributed by atoms with E-state index in [1.54, 1.807) is 6.07 Å². The topological polar surface area (TPSA) is 47.3 Å². The first-order valence-corrected chi connectivity index (χ1v) is 8.43. The van der Waals surface area contributed by atoms with Crippen molar-refractivity contribution in [3.63, 3.8) is 0 Å². The van der Waals surface area contributed by atoms with Gasteiger partial charge in [-0.3, -0.25) is 9.69 Å². The number of rotatable bonds is 5. The van der Waals surface area contributed by atoms with Gasteiger partial charge in [0, 0.05) is 19.6 Å². The van der Waals surface area contributed by atoms with Crippen molar-refractivity contribution in [1.82, 2.24) is 9.80 Å². The van der Waals surface area contributed by atoms with Gasteiger partial charge in [-0.2, -0.15) is 5.26 Å². The Morgan fingerprint density at radius 3 is 2.61 bits per heavy atom. The lowest BCUT2D eigenvalue weighted by Gasteiger charge is -2.34. The number of nitriles is 1. The van der Waals surface area contributed by atoms with E-state index in [1.165, 1.54) is 12.8 Å².